The number of hydrogen-bond acceptors (Lipinski definition) is 12. The number of aromatic nitrogens is 1. The maximum absolute atomic E-state index is 15.8. The molecule has 15 heteroatoms. The molecule has 7 heterocycles. The van der Waals surface area contributed by atoms with Crippen LogP contribution in [0.25, 0.3) is 10.9 Å². The highest BCUT2D eigenvalue weighted by molar-refractivity contribution is 5.95. The molecule has 1 saturated carbocycles. The summed E-state index contributed by atoms with van der Waals surface area (Å²) < 4.78 is 24.4. The van der Waals surface area contributed by atoms with Gasteiger partial charge in [0.1, 0.15) is 11.2 Å². The van der Waals surface area contributed by atoms with Crippen LogP contribution in [-0.2, 0) is 45.8 Å². The molecule has 11 rings (SSSR count). The van der Waals surface area contributed by atoms with Gasteiger partial charge in [0.2, 0.25) is 5.60 Å². The van der Waals surface area contributed by atoms with Crippen molar-refractivity contribution in [3.63, 3.8) is 0 Å². The van der Waals surface area contributed by atoms with Gasteiger partial charge in [0, 0.05) is 104 Å². The van der Waals surface area contributed by atoms with Gasteiger partial charge in [-0.25, -0.2) is 9.59 Å². The number of esters is 3. The van der Waals surface area contributed by atoms with E-state index in [-0.39, 0.29) is 18.0 Å². The molecule has 1 spiro atoms. The number of methoxy groups -OCH3 is 3. The first-order valence-electron chi connectivity index (χ1n) is 26.6. The summed E-state index contributed by atoms with van der Waals surface area (Å²) in [5, 5.41) is 18.2. The molecule has 3 saturated heterocycles. The van der Waals surface area contributed by atoms with Crippen LogP contribution in [0.2, 0.25) is 0 Å². The summed E-state index contributed by atoms with van der Waals surface area (Å²) >= 11 is 0. The molecule has 7 aliphatic rings. The topological polar surface area (TPSA) is 166 Å². The maximum Gasteiger partial charge on any atom is 0.344 e. The van der Waals surface area contributed by atoms with Crippen molar-refractivity contribution in [2.75, 3.05) is 79.1 Å². The van der Waals surface area contributed by atoms with E-state index < -0.39 is 57.4 Å². The predicted octanol–water partition coefficient (Wildman–Crippen LogP) is 6.59. The minimum atomic E-state index is -2.33. The van der Waals surface area contributed by atoms with Gasteiger partial charge in [-0.3, -0.25) is 14.5 Å². The zero-order valence-electron chi connectivity index (χ0n) is 43.5. The third-order valence-electron chi connectivity index (χ3n) is 19.1. The fourth-order valence-corrected chi connectivity index (χ4v) is 16.2. The number of carbonyl (C=O) groups is 4. The van der Waals surface area contributed by atoms with Crippen molar-refractivity contribution >= 4 is 40.5 Å². The lowest BCUT2D eigenvalue weighted by atomic mass is 9.47. The van der Waals surface area contributed by atoms with E-state index >= 15 is 4.79 Å². The summed E-state index contributed by atoms with van der Waals surface area (Å²) in [5.74, 6) is -1.17. The van der Waals surface area contributed by atoms with Crippen molar-refractivity contribution in [3.8, 4) is 5.75 Å². The van der Waals surface area contributed by atoms with Crippen LogP contribution in [0.5, 0.6) is 5.75 Å². The molecule has 388 valence electrons. The molecule has 10 atom stereocenters. The first kappa shape index (κ1) is 49.3. The van der Waals surface area contributed by atoms with Crippen LogP contribution >= 0.6 is 0 Å². The molecule has 1 aromatic heterocycles. The smallest absolute Gasteiger partial charge is 0.344 e. The highest BCUT2D eigenvalue weighted by atomic mass is 16.6. The molecule has 3 N–H and O–H groups in total. The largest absolute Gasteiger partial charge is 0.496 e. The van der Waals surface area contributed by atoms with Gasteiger partial charge in [0.05, 0.1) is 32.9 Å². The van der Waals surface area contributed by atoms with Gasteiger partial charge >= 0.3 is 23.9 Å². The summed E-state index contributed by atoms with van der Waals surface area (Å²) in [7, 11) is 6.21. The summed E-state index contributed by atoms with van der Waals surface area (Å²) in [6, 6.07) is 21.6. The molecule has 1 unspecified atom stereocenters. The molecule has 0 radical (unpaired) electrons. The third kappa shape index (κ3) is 7.14. The van der Waals surface area contributed by atoms with Crippen molar-refractivity contribution < 1.29 is 43.2 Å². The van der Waals surface area contributed by atoms with Gasteiger partial charge in [0.15, 0.2) is 6.10 Å². The average Bonchev–Trinajstić information content (AvgIpc) is 4.09. The minimum absolute atomic E-state index is 0.0424. The van der Waals surface area contributed by atoms with Crippen molar-refractivity contribution in [1.82, 2.24) is 25.0 Å². The number of fused-ring (bicyclic) bond motifs is 6. The van der Waals surface area contributed by atoms with Gasteiger partial charge in [0.25, 0.3) is 0 Å². The molecule has 2 bridgehead atoms. The molecule has 3 aromatic carbocycles. The summed E-state index contributed by atoms with van der Waals surface area (Å²) in [5.41, 5.74) is -0.102. The summed E-state index contributed by atoms with van der Waals surface area (Å²) in [6.45, 7) is 10.2. The van der Waals surface area contributed by atoms with E-state index in [2.05, 4.69) is 81.6 Å². The Morgan fingerprint density at radius 2 is 1.60 bits per heavy atom. The third-order valence-corrected chi connectivity index (χ3v) is 19.1. The van der Waals surface area contributed by atoms with Gasteiger partial charge in [-0.15, -0.1) is 0 Å². The molecule has 1 aliphatic carbocycles. The number of para-hydroxylation sites is 1. The van der Waals surface area contributed by atoms with Gasteiger partial charge in [-0.1, -0.05) is 74.5 Å². The Bertz CT molecular complexity index is 2860. The number of carbonyl (C=O) groups excluding carboxylic acids is 4. The van der Waals surface area contributed by atoms with Crippen molar-refractivity contribution in [3.05, 3.63) is 107 Å². The number of ether oxygens (including phenoxy) is 4. The molecule has 6 aliphatic heterocycles. The van der Waals surface area contributed by atoms with E-state index in [4.69, 9.17) is 18.9 Å². The van der Waals surface area contributed by atoms with Crippen molar-refractivity contribution in [2.24, 2.45) is 11.3 Å². The number of likely N-dealkylation sites (tertiary alicyclic amines) is 1. The van der Waals surface area contributed by atoms with Crippen LogP contribution < -0.4 is 15.0 Å². The Kier molecular flexibility index (Phi) is 12.3. The Balaban J connectivity index is 1.07. The number of nitrogens with one attached hydrogen (secondary N) is 2. The van der Waals surface area contributed by atoms with Gasteiger partial charge < -0.3 is 49.1 Å². The number of aromatic amines is 1. The Morgan fingerprint density at radius 1 is 0.863 bits per heavy atom. The second kappa shape index (κ2) is 18.2. The second-order valence-electron chi connectivity index (χ2n) is 22.4. The number of hydrogen-bond donors (Lipinski definition) is 3. The predicted molar refractivity (Wildman–Crippen MR) is 277 cm³/mol. The lowest BCUT2D eigenvalue weighted by molar-refractivity contribution is -0.228. The standard InChI is InChI=1S/C58H72N6O9/c1-8-54(60-53(68)64-27-20-39(21-28-64)38-16-11-10-12-17-38)32-37-33-57(51(66)71-6,47-41(22-26-62(34-37)35-54)40-18-13-14-19-44(40)59-47)43-30-42-45(31-46(43)70-5)61(4)49-56(42)24-29-63-25-15-23-55(9-2,48(56)63)50(73-36(3)65)58(49,69)52(67)72-7/h10-19,23,30-31,37,39,48-50,59,69H,8-9,20-22,24-29,32-35H2,1-7H3,(H,60,68)/t37-,48-,49+,50+,54-,55+,56+,57-,58-/m0/s1. The van der Waals surface area contributed by atoms with E-state index in [0.717, 1.165) is 46.3 Å². The number of piperidine rings is 2. The fraction of sp³-hybridized carbons (Fsp3) is 0.552. The quantitative estimate of drug-likeness (QED) is 0.0938. The van der Waals surface area contributed by atoms with Crippen LogP contribution in [0.1, 0.15) is 99.6 Å². The number of rotatable bonds is 9. The Morgan fingerprint density at radius 3 is 2.30 bits per heavy atom. The van der Waals surface area contributed by atoms with Crippen molar-refractivity contribution in [1.29, 1.82) is 0 Å². The molecule has 4 aromatic rings. The Hall–Kier alpha value is -5.90. The summed E-state index contributed by atoms with van der Waals surface area (Å²) in [6.07, 6.45) is 7.95. The molecular formula is C58H72N6O9. The van der Waals surface area contributed by atoms with Crippen LogP contribution in [0.3, 0.4) is 0 Å². The van der Waals surface area contributed by atoms with Crippen LogP contribution in [0, 0.1) is 11.3 Å². The number of likely N-dealkylation sites (N-methyl/N-ethyl adjacent to an activating group) is 1. The number of H-pyrrole nitrogens is 1. The molecule has 73 heavy (non-hydrogen) atoms. The number of aliphatic hydroxyl groups is 1. The van der Waals surface area contributed by atoms with E-state index in [1.54, 1.807) is 7.11 Å². The Labute approximate surface area is 428 Å². The van der Waals surface area contributed by atoms with Crippen LogP contribution in [0.4, 0.5) is 10.5 Å². The zero-order valence-corrected chi connectivity index (χ0v) is 43.5. The first-order valence-corrected chi connectivity index (χ1v) is 26.6. The lowest BCUT2D eigenvalue weighted by Gasteiger charge is -2.63. The monoisotopic (exact) mass is 997 g/mol. The molecule has 15 nitrogen and oxygen atoms in total. The SMILES string of the molecule is CC[C@]1(NC(=O)N2CCC(c3ccccc3)CC2)C[C@@H]2CN(CCc3c([nH]c4ccccc34)[C@@](C(=O)OC)(c3cc4c(cc3OC)N(C)[C@H]3[C@@](O)(C(=O)OC)[C@H](OC(C)=O)[C@]5(CC)C=CCN6CC[C@]43[C@@H]65)C2)C1. The second-order valence-corrected chi connectivity index (χ2v) is 22.4. The average molecular weight is 997 g/mol. The number of amides is 2. The number of anilines is 1. The minimum Gasteiger partial charge on any atom is -0.496 e. The maximum atomic E-state index is 15.8. The molecule has 4 fully saturated rings. The zero-order chi connectivity index (χ0) is 51.2. The highest BCUT2D eigenvalue weighted by Gasteiger charge is 2.80. The normalized spacial score (nSPS) is 33.6. The van der Waals surface area contributed by atoms with Gasteiger partial charge in [-0.05, 0) is 98.6 Å². The van der Waals surface area contributed by atoms with Gasteiger partial charge in [-0.2, -0.15) is 0 Å². The number of urea groups is 1. The number of nitrogens with zero attached hydrogens (tertiary/aromatic N) is 4. The van der Waals surface area contributed by atoms with E-state index in [9.17, 15) is 19.5 Å². The number of benzene rings is 3. The van der Waals surface area contributed by atoms with Crippen LogP contribution in [0.15, 0.2) is 78.9 Å². The van der Waals surface area contributed by atoms with Crippen molar-refractivity contribution in [2.45, 2.75) is 118 Å². The van der Waals surface area contributed by atoms with E-state index in [1.807, 2.05) is 48.0 Å². The van der Waals surface area contributed by atoms with Crippen LogP contribution in [-0.4, -0.2) is 152 Å². The van der Waals surface area contributed by atoms with E-state index in [0.29, 0.717) is 102 Å². The van der Waals surface area contributed by atoms with E-state index in [1.165, 1.54) is 26.7 Å². The lowest BCUT2D eigenvalue weighted by Crippen LogP contribution is -2.81. The highest BCUT2D eigenvalue weighted by Crippen LogP contribution is 2.68. The molecular weight excluding hydrogens is 925 g/mol. The molecule has 2 amide bonds. The fourth-order valence-electron chi connectivity index (χ4n) is 16.2. The summed E-state index contributed by atoms with van der Waals surface area (Å²) in [4.78, 5) is 70.8. The first-order chi connectivity index (χ1) is 35.2.